The highest BCUT2D eigenvalue weighted by atomic mass is 16.6. The van der Waals surface area contributed by atoms with Gasteiger partial charge in [0.25, 0.3) is 0 Å². The molecule has 0 bridgehead atoms. The number of carbonyl (C=O) groups is 3. The van der Waals surface area contributed by atoms with E-state index in [4.69, 9.17) is 14.2 Å². The summed E-state index contributed by atoms with van der Waals surface area (Å²) < 4.78 is 16.8. The third kappa shape index (κ3) is 53.7. The van der Waals surface area contributed by atoms with Gasteiger partial charge in [-0.05, 0) is 64.2 Å². The lowest BCUT2D eigenvalue weighted by molar-refractivity contribution is -0.166. The lowest BCUT2D eigenvalue weighted by atomic mass is 10.0. The summed E-state index contributed by atoms with van der Waals surface area (Å²) in [6, 6.07) is 0. The van der Waals surface area contributed by atoms with Gasteiger partial charge < -0.3 is 14.2 Å². The summed E-state index contributed by atoms with van der Waals surface area (Å²) in [6.07, 6.45) is 70.4. The summed E-state index contributed by atoms with van der Waals surface area (Å²) in [5, 5.41) is 0. The largest absolute Gasteiger partial charge is 0.462 e. The van der Waals surface area contributed by atoms with Crippen molar-refractivity contribution in [3.05, 3.63) is 72.9 Å². The van der Waals surface area contributed by atoms with E-state index in [-0.39, 0.29) is 37.5 Å². The molecule has 0 radical (unpaired) electrons. The van der Waals surface area contributed by atoms with Gasteiger partial charge in [0, 0.05) is 19.3 Å². The lowest BCUT2D eigenvalue weighted by Crippen LogP contribution is -2.30. The number of esters is 3. The van der Waals surface area contributed by atoms with Crippen molar-refractivity contribution in [1.82, 2.24) is 0 Å². The highest BCUT2D eigenvalue weighted by Gasteiger charge is 2.19. The predicted octanol–water partition coefficient (Wildman–Crippen LogP) is 19.0. The van der Waals surface area contributed by atoms with Crippen LogP contribution >= 0.6 is 0 Å². The van der Waals surface area contributed by atoms with Crippen molar-refractivity contribution in [1.29, 1.82) is 0 Å². The van der Waals surface area contributed by atoms with Gasteiger partial charge >= 0.3 is 17.9 Å². The molecule has 0 amide bonds. The fraction of sp³-hybridized carbons (Fsp3) is 0.754. The Labute approximate surface area is 414 Å². The minimum Gasteiger partial charge on any atom is -0.462 e. The molecule has 0 spiro atoms. The minimum absolute atomic E-state index is 0.103. The van der Waals surface area contributed by atoms with E-state index in [2.05, 4.69) is 87.6 Å². The van der Waals surface area contributed by atoms with Crippen molar-refractivity contribution in [2.45, 2.75) is 284 Å². The Morgan fingerprint density at radius 2 is 0.627 bits per heavy atom. The van der Waals surface area contributed by atoms with Crippen molar-refractivity contribution in [3.8, 4) is 0 Å². The Morgan fingerprint density at radius 3 is 1.07 bits per heavy atom. The fourth-order valence-corrected chi connectivity index (χ4v) is 7.98. The van der Waals surface area contributed by atoms with Crippen LogP contribution in [0, 0.1) is 0 Å². The van der Waals surface area contributed by atoms with Crippen molar-refractivity contribution >= 4 is 17.9 Å². The maximum atomic E-state index is 12.8. The van der Waals surface area contributed by atoms with E-state index < -0.39 is 6.10 Å². The Kier molecular flexibility index (Phi) is 52.8. The molecular formula is C61H106O6. The lowest BCUT2D eigenvalue weighted by Gasteiger charge is -2.18. The van der Waals surface area contributed by atoms with Crippen LogP contribution in [0.2, 0.25) is 0 Å². The van der Waals surface area contributed by atoms with E-state index in [0.717, 1.165) is 77.0 Å². The average molecular weight is 936 g/mol. The van der Waals surface area contributed by atoms with Crippen LogP contribution in [0.3, 0.4) is 0 Å². The van der Waals surface area contributed by atoms with Crippen LogP contribution < -0.4 is 0 Å². The van der Waals surface area contributed by atoms with Crippen molar-refractivity contribution in [2.24, 2.45) is 0 Å². The number of allylic oxidation sites excluding steroid dienone is 12. The molecule has 6 heteroatoms. The third-order valence-electron chi connectivity index (χ3n) is 12.3. The second-order valence-corrected chi connectivity index (χ2v) is 18.9. The van der Waals surface area contributed by atoms with Gasteiger partial charge in [-0.1, -0.05) is 267 Å². The SMILES string of the molecule is CCCCC\C=C/C=C\C=C/C=C\CCCCCCCC(=O)OCC(COC(=O)CC/C=C\C/C=C\CCCCCCCC)OC(=O)CCCCCCCCCCCCCCCCCCCC. The number of rotatable bonds is 51. The number of carbonyl (C=O) groups excluding carboxylic acids is 3. The molecule has 0 heterocycles. The molecule has 0 N–H and O–H groups in total. The monoisotopic (exact) mass is 935 g/mol. The van der Waals surface area contributed by atoms with Crippen molar-refractivity contribution in [3.63, 3.8) is 0 Å². The molecule has 0 aromatic carbocycles. The first-order valence-electron chi connectivity index (χ1n) is 28.5. The molecular weight excluding hydrogens is 829 g/mol. The zero-order chi connectivity index (χ0) is 48.6. The molecule has 0 aliphatic carbocycles. The molecule has 0 aromatic rings. The van der Waals surface area contributed by atoms with Gasteiger partial charge in [0.15, 0.2) is 6.10 Å². The first kappa shape index (κ1) is 63.8. The third-order valence-corrected chi connectivity index (χ3v) is 12.3. The number of hydrogen-bond donors (Lipinski definition) is 0. The summed E-state index contributed by atoms with van der Waals surface area (Å²) in [7, 11) is 0. The molecule has 6 nitrogen and oxygen atoms in total. The first-order valence-corrected chi connectivity index (χ1v) is 28.5. The first-order chi connectivity index (χ1) is 33.0. The predicted molar refractivity (Wildman–Crippen MR) is 288 cm³/mol. The summed E-state index contributed by atoms with van der Waals surface area (Å²) in [5.41, 5.74) is 0. The highest BCUT2D eigenvalue weighted by Crippen LogP contribution is 2.16. The van der Waals surface area contributed by atoms with E-state index >= 15 is 0 Å². The van der Waals surface area contributed by atoms with Gasteiger partial charge in [-0.25, -0.2) is 0 Å². The summed E-state index contributed by atoms with van der Waals surface area (Å²) in [6.45, 7) is 6.54. The molecule has 1 atom stereocenters. The smallest absolute Gasteiger partial charge is 0.306 e. The molecule has 0 rings (SSSR count). The highest BCUT2D eigenvalue weighted by molar-refractivity contribution is 5.71. The normalized spacial score (nSPS) is 12.6. The van der Waals surface area contributed by atoms with E-state index in [1.54, 1.807) is 0 Å². The molecule has 0 saturated carbocycles. The van der Waals surface area contributed by atoms with Crippen LogP contribution in [0.25, 0.3) is 0 Å². The van der Waals surface area contributed by atoms with Gasteiger partial charge in [-0.3, -0.25) is 14.4 Å². The quantitative estimate of drug-likeness (QED) is 0.0199. The second-order valence-electron chi connectivity index (χ2n) is 18.9. The summed E-state index contributed by atoms with van der Waals surface area (Å²) in [5.74, 6) is -0.984. The Hall–Kier alpha value is -3.15. The van der Waals surface area contributed by atoms with E-state index in [0.29, 0.717) is 19.3 Å². The Balaban J connectivity index is 4.45. The van der Waals surface area contributed by atoms with Gasteiger partial charge in [-0.2, -0.15) is 0 Å². The zero-order valence-corrected chi connectivity index (χ0v) is 44.2. The number of unbranched alkanes of at least 4 members (excludes halogenated alkanes) is 31. The van der Waals surface area contributed by atoms with Crippen molar-refractivity contribution < 1.29 is 28.6 Å². The van der Waals surface area contributed by atoms with E-state index in [1.165, 1.54) is 154 Å². The number of hydrogen-bond acceptors (Lipinski definition) is 6. The minimum atomic E-state index is -0.806. The maximum absolute atomic E-state index is 12.8. The average Bonchev–Trinajstić information content (AvgIpc) is 3.33. The Morgan fingerprint density at radius 1 is 0.313 bits per heavy atom. The molecule has 0 aromatic heterocycles. The molecule has 0 fully saturated rings. The second kappa shape index (κ2) is 55.4. The van der Waals surface area contributed by atoms with Gasteiger partial charge in [0.2, 0.25) is 0 Å². The van der Waals surface area contributed by atoms with E-state index in [9.17, 15) is 14.4 Å². The standard InChI is InChI=1S/C61H106O6/c1-4-7-10-13-16-19-22-25-27-29-31-33-36-39-42-45-48-51-54-60(63)66-57-58(56-65-59(62)53-50-47-44-41-38-35-24-21-18-15-12-9-6-3)67-61(64)55-52-49-46-43-40-37-34-32-30-28-26-23-20-17-14-11-8-5-2/h16,19,22,25,27,29,31,33,35,38,44,47,58H,4-15,17-18,20-21,23-24,26,28,30,32,34,36-37,39-43,45-46,48-57H2,1-3H3/b19-16-,25-22-,29-27-,33-31-,38-35-,47-44-. The maximum Gasteiger partial charge on any atom is 0.306 e. The molecule has 67 heavy (non-hydrogen) atoms. The molecule has 0 saturated heterocycles. The molecule has 386 valence electrons. The van der Waals surface area contributed by atoms with Gasteiger partial charge in [-0.15, -0.1) is 0 Å². The summed E-state index contributed by atoms with van der Waals surface area (Å²) in [4.78, 5) is 38.1. The zero-order valence-electron chi connectivity index (χ0n) is 44.2. The van der Waals surface area contributed by atoms with Crippen molar-refractivity contribution in [2.75, 3.05) is 13.2 Å². The number of ether oxygens (including phenoxy) is 3. The van der Waals surface area contributed by atoms with E-state index in [1.807, 2.05) is 6.08 Å². The fourth-order valence-electron chi connectivity index (χ4n) is 7.98. The van der Waals surface area contributed by atoms with Crippen LogP contribution in [-0.4, -0.2) is 37.2 Å². The summed E-state index contributed by atoms with van der Waals surface area (Å²) >= 11 is 0. The topological polar surface area (TPSA) is 78.9 Å². The van der Waals surface area contributed by atoms with Crippen LogP contribution in [-0.2, 0) is 28.6 Å². The van der Waals surface area contributed by atoms with Crippen LogP contribution in [0.1, 0.15) is 278 Å². The molecule has 0 aliphatic heterocycles. The van der Waals surface area contributed by atoms with Gasteiger partial charge in [0.05, 0.1) is 0 Å². The van der Waals surface area contributed by atoms with Crippen LogP contribution in [0.4, 0.5) is 0 Å². The van der Waals surface area contributed by atoms with Gasteiger partial charge in [0.1, 0.15) is 13.2 Å². The molecule has 0 aliphatic rings. The molecule has 1 unspecified atom stereocenters. The van der Waals surface area contributed by atoms with Crippen LogP contribution in [0.15, 0.2) is 72.9 Å². The Bertz CT molecular complexity index is 1260. The van der Waals surface area contributed by atoms with Crippen LogP contribution in [0.5, 0.6) is 0 Å².